The van der Waals surface area contributed by atoms with E-state index in [2.05, 4.69) is 128 Å². The van der Waals surface area contributed by atoms with Crippen molar-refractivity contribution in [2.75, 3.05) is 0 Å². The molecule has 4 aromatic carbocycles. The van der Waals surface area contributed by atoms with Gasteiger partial charge in [-0.25, -0.2) is 0 Å². The van der Waals surface area contributed by atoms with E-state index in [1.165, 1.54) is 38.3 Å². The van der Waals surface area contributed by atoms with Crippen molar-refractivity contribution >= 4 is 21.5 Å². The predicted molar refractivity (Wildman–Crippen MR) is 158 cm³/mol. The maximum Gasteiger partial charge on any atom is 2.00 e. The van der Waals surface area contributed by atoms with E-state index in [0.29, 0.717) is 5.75 Å². The molecule has 0 saturated carbocycles. The first-order valence-electron chi connectivity index (χ1n) is 12.7. The molecular weight excluding hydrogens is 528 g/mol. The third-order valence-corrected chi connectivity index (χ3v) is 6.33. The van der Waals surface area contributed by atoms with E-state index >= 15 is 0 Å². The zero-order valence-electron chi connectivity index (χ0n) is 23.6. The van der Waals surface area contributed by atoms with Gasteiger partial charge in [0.2, 0.25) is 0 Å². The molecule has 0 aliphatic heterocycles. The van der Waals surface area contributed by atoms with Gasteiger partial charge in [0.15, 0.2) is 0 Å². The Hall–Kier alpha value is -2.57. The maximum absolute atomic E-state index is 9.84. The van der Waals surface area contributed by atoms with E-state index < -0.39 is 0 Å². The zero-order chi connectivity index (χ0) is 26.5. The van der Waals surface area contributed by atoms with Crippen LogP contribution in [0, 0.1) is 6.08 Å². The molecule has 5 rings (SSSR count). The summed E-state index contributed by atoms with van der Waals surface area (Å²) in [6.45, 7) is 17.1. The maximum atomic E-state index is 9.84. The molecule has 1 aliphatic carbocycles. The number of rotatable bonds is 0. The van der Waals surface area contributed by atoms with Crippen LogP contribution in [-0.4, -0.2) is 5.11 Å². The van der Waals surface area contributed by atoms with Crippen LogP contribution in [0.25, 0.3) is 21.5 Å². The van der Waals surface area contributed by atoms with Crippen LogP contribution in [0.4, 0.5) is 0 Å². The smallest absolute Gasteiger partial charge is 0.508 e. The molecule has 2 heteroatoms. The van der Waals surface area contributed by atoms with Crippen molar-refractivity contribution in [3.63, 3.8) is 0 Å². The molecule has 0 saturated heterocycles. The Morgan fingerprint density at radius 2 is 1.30 bits per heavy atom. The molecular formula is C35H40OZr. The van der Waals surface area contributed by atoms with Gasteiger partial charge in [0.1, 0.15) is 5.75 Å². The minimum absolute atomic E-state index is 0. The van der Waals surface area contributed by atoms with Gasteiger partial charge < -0.3 is 5.11 Å². The molecule has 0 radical (unpaired) electrons. The van der Waals surface area contributed by atoms with Crippen molar-refractivity contribution in [3.8, 4) is 5.75 Å². The molecule has 0 aromatic heterocycles. The second-order valence-corrected chi connectivity index (χ2v) is 11.6. The molecule has 0 heterocycles. The molecule has 1 aliphatic rings. The Labute approximate surface area is 243 Å². The number of fused-ring (bicyclic) bond motifs is 3. The molecule has 190 valence electrons. The van der Waals surface area contributed by atoms with E-state index in [-0.39, 0.29) is 37.0 Å². The van der Waals surface area contributed by atoms with E-state index in [9.17, 15) is 5.11 Å². The van der Waals surface area contributed by atoms with Crippen molar-refractivity contribution < 1.29 is 31.3 Å². The van der Waals surface area contributed by atoms with E-state index in [1.54, 1.807) is 6.07 Å². The third kappa shape index (κ3) is 8.21. The number of aromatic hydroxyl groups is 1. The van der Waals surface area contributed by atoms with Gasteiger partial charge in [0, 0.05) is 0 Å². The molecule has 0 fully saturated rings. The fraction of sp³-hybridized carbons (Fsp3) is 0.286. The number of hydrogen-bond acceptors (Lipinski definition) is 1. The van der Waals surface area contributed by atoms with Gasteiger partial charge >= 0.3 is 26.2 Å². The first-order valence-corrected chi connectivity index (χ1v) is 12.7. The van der Waals surface area contributed by atoms with Gasteiger partial charge in [-0.3, -0.25) is 0 Å². The summed E-state index contributed by atoms with van der Waals surface area (Å²) in [5, 5.41) is 15.2. The molecule has 0 atom stereocenters. The van der Waals surface area contributed by atoms with Gasteiger partial charge in [-0.05, 0) is 28.0 Å². The van der Waals surface area contributed by atoms with Gasteiger partial charge in [0.05, 0.1) is 0 Å². The molecule has 0 amide bonds. The second-order valence-electron chi connectivity index (χ2n) is 11.6. The van der Waals surface area contributed by atoms with Crippen molar-refractivity contribution in [1.82, 2.24) is 0 Å². The number of hydrogen-bond donors (Lipinski definition) is 1. The molecule has 1 N–H and O–H groups in total. The van der Waals surface area contributed by atoms with Gasteiger partial charge in [-0.2, -0.15) is 23.8 Å². The topological polar surface area (TPSA) is 20.2 Å². The van der Waals surface area contributed by atoms with Gasteiger partial charge in [-0.15, -0.1) is 51.4 Å². The Kier molecular flexibility index (Phi) is 10.6. The SMILES string of the molecule is CC(C)(C)c1ccc(O)c(C(C)(C)C)c1.CC(C)=C1[C-]=CC=C1.[Zr+2].c1ccc2c(c1)[cH-]c1ccccc12. The minimum atomic E-state index is -0.00859. The first-order chi connectivity index (χ1) is 16.9. The van der Waals surface area contributed by atoms with Crippen LogP contribution in [0.3, 0.4) is 0 Å². The average molecular weight is 568 g/mol. The Bertz CT molecular complexity index is 1350. The summed E-state index contributed by atoms with van der Waals surface area (Å²) in [6, 6.07) is 25.2. The number of phenols is 1. The Morgan fingerprint density at radius 1 is 0.757 bits per heavy atom. The van der Waals surface area contributed by atoms with Crippen molar-refractivity contribution in [1.29, 1.82) is 0 Å². The molecule has 0 spiro atoms. The summed E-state index contributed by atoms with van der Waals surface area (Å²) >= 11 is 0. The summed E-state index contributed by atoms with van der Waals surface area (Å²) in [4.78, 5) is 0. The van der Waals surface area contributed by atoms with Crippen molar-refractivity contribution in [3.05, 3.63) is 119 Å². The summed E-state index contributed by atoms with van der Waals surface area (Å²) < 4.78 is 0. The summed E-state index contributed by atoms with van der Waals surface area (Å²) in [5.41, 5.74) is 4.97. The normalized spacial score (nSPS) is 12.5. The van der Waals surface area contributed by atoms with E-state index in [4.69, 9.17) is 0 Å². The van der Waals surface area contributed by atoms with Crippen LogP contribution in [-0.2, 0) is 37.0 Å². The van der Waals surface area contributed by atoms with Gasteiger partial charge in [0.25, 0.3) is 0 Å². The van der Waals surface area contributed by atoms with Crippen LogP contribution < -0.4 is 0 Å². The number of phenolic OH excluding ortho intramolecular Hbond substituents is 1. The molecule has 0 bridgehead atoms. The first kappa shape index (κ1) is 30.7. The van der Waals surface area contributed by atoms with E-state index in [0.717, 1.165) is 5.56 Å². The Balaban J connectivity index is 0.000000200. The third-order valence-electron chi connectivity index (χ3n) is 6.33. The monoisotopic (exact) mass is 566 g/mol. The van der Waals surface area contributed by atoms with Crippen LogP contribution in [0.1, 0.15) is 66.5 Å². The molecule has 37 heavy (non-hydrogen) atoms. The number of benzene rings is 3. The van der Waals surface area contributed by atoms with E-state index in [1.807, 2.05) is 18.2 Å². The van der Waals surface area contributed by atoms with Gasteiger partial charge in [-0.1, -0.05) is 104 Å². The summed E-state index contributed by atoms with van der Waals surface area (Å²) in [6.07, 6.45) is 9.10. The second kappa shape index (κ2) is 12.8. The molecule has 1 nitrogen and oxygen atoms in total. The minimum Gasteiger partial charge on any atom is -0.508 e. The van der Waals surface area contributed by atoms with Crippen LogP contribution in [0.2, 0.25) is 0 Å². The summed E-state index contributed by atoms with van der Waals surface area (Å²) in [7, 11) is 0. The number of allylic oxidation sites excluding steroid dienone is 6. The van der Waals surface area contributed by atoms with Crippen LogP contribution in [0.15, 0.2) is 102 Å². The van der Waals surface area contributed by atoms with Crippen LogP contribution in [0.5, 0.6) is 5.75 Å². The van der Waals surface area contributed by atoms with Crippen LogP contribution >= 0.6 is 0 Å². The van der Waals surface area contributed by atoms with Crippen molar-refractivity contribution in [2.45, 2.75) is 66.2 Å². The quantitative estimate of drug-likeness (QED) is 0.210. The predicted octanol–water partition coefficient (Wildman–Crippen LogP) is 9.95. The average Bonchev–Trinajstić information content (AvgIpc) is 3.47. The zero-order valence-corrected chi connectivity index (χ0v) is 26.1. The fourth-order valence-electron chi connectivity index (χ4n) is 4.15. The summed E-state index contributed by atoms with van der Waals surface area (Å²) in [5.74, 6) is 0.399. The molecule has 0 unspecified atom stereocenters. The standard InChI is InChI=1S/C14H22O.C13H9.C8H9.Zr/c1-13(2,3)10-7-8-12(15)11(9-10)14(4,5)6;1-3-7-12-10(5-1)9-11-6-2-4-8-13(11)12;1-7(2)8-5-3-4-6-8;/h7-9,15H,1-6H3;1-9H;3-5H,1-2H3;/q;2*-1;+2. The largest absolute Gasteiger partial charge is 2.00 e. The Morgan fingerprint density at radius 3 is 1.70 bits per heavy atom. The van der Waals surface area contributed by atoms with Crippen molar-refractivity contribution in [2.24, 2.45) is 0 Å². The molecule has 4 aromatic rings. The fourth-order valence-corrected chi connectivity index (χ4v) is 4.15.